The Balaban J connectivity index is 1.57. The zero-order chi connectivity index (χ0) is 24.6. The van der Waals surface area contributed by atoms with E-state index in [1.807, 2.05) is 6.07 Å². The molecule has 0 bridgehead atoms. The minimum absolute atomic E-state index is 0.684. The van der Waals surface area contributed by atoms with Crippen molar-refractivity contribution in [3.8, 4) is 22.5 Å². The van der Waals surface area contributed by atoms with Crippen molar-refractivity contribution in [2.75, 3.05) is 5.32 Å². The average Bonchev–Trinajstić information content (AvgIpc) is 3.33. The fourth-order valence-corrected chi connectivity index (χ4v) is 5.76. The molecule has 0 amide bonds. The van der Waals surface area contributed by atoms with Crippen LogP contribution in [0, 0.1) is 0 Å². The highest BCUT2D eigenvalue weighted by Gasteiger charge is 2.29. The van der Waals surface area contributed by atoms with Crippen LogP contribution in [0.2, 0.25) is 0 Å². The van der Waals surface area contributed by atoms with E-state index in [2.05, 4.69) is 110 Å². The molecule has 6 rings (SSSR count). The summed E-state index contributed by atoms with van der Waals surface area (Å²) >= 11 is 9.69. The Hall–Kier alpha value is -3.22. The molecular formula is C30H27BrN4S. The van der Waals surface area contributed by atoms with Crippen molar-refractivity contribution in [2.24, 2.45) is 0 Å². The van der Waals surface area contributed by atoms with Crippen molar-refractivity contribution in [1.82, 2.24) is 14.2 Å². The molecule has 0 atom stereocenters. The maximum atomic E-state index is 6.10. The Labute approximate surface area is 225 Å². The molecule has 4 nitrogen and oxygen atoms in total. The van der Waals surface area contributed by atoms with E-state index in [-0.39, 0.29) is 0 Å². The SMILES string of the molecule is CCc1ccc(NC(=S)c2c(-c3ccc(Br)cc3)c3c4n(c(-c5ccccc5)nn24)CCCC3)cc1. The normalized spacial score (nSPS) is 13.1. The first-order valence-electron chi connectivity index (χ1n) is 12.5. The standard InChI is InChI=1S/C30H27BrN4S/c1-2-20-11-17-24(18-12-20)32-29(36)27-26(21-13-15-23(31)16-14-21)25-10-6-7-19-34-28(33-35(27)30(25)34)22-8-4-3-5-9-22/h3-5,8-9,11-18H,2,6-7,10,19H2,1H3,(H,32,36). The lowest BCUT2D eigenvalue weighted by Crippen LogP contribution is -2.15. The van der Waals surface area contributed by atoms with Gasteiger partial charge in [-0.05, 0) is 61.1 Å². The maximum absolute atomic E-state index is 6.10. The van der Waals surface area contributed by atoms with E-state index in [0.29, 0.717) is 4.99 Å². The number of halogens is 1. The van der Waals surface area contributed by atoms with Crippen molar-refractivity contribution in [1.29, 1.82) is 0 Å². The van der Waals surface area contributed by atoms with E-state index in [9.17, 15) is 0 Å². The van der Waals surface area contributed by atoms with Gasteiger partial charge in [0.05, 0.1) is 0 Å². The first-order valence-corrected chi connectivity index (χ1v) is 13.7. The summed E-state index contributed by atoms with van der Waals surface area (Å²) < 4.78 is 5.55. The summed E-state index contributed by atoms with van der Waals surface area (Å²) in [6.45, 7) is 3.11. The van der Waals surface area contributed by atoms with E-state index in [4.69, 9.17) is 17.3 Å². The number of rotatable bonds is 5. The molecule has 0 unspecified atom stereocenters. The predicted octanol–water partition coefficient (Wildman–Crippen LogP) is 7.92. The van der Waals surface area contributed by atoms with E-state index >= 15 is 0 Å². The quantitative estimate of drug-likeness (QED) is 0.224. The van der Waals surface area contributed by atoms with Crippen LogP contribution in [0.1, 0.15) is 36.6 Å². The largest absolute Gasteiger partial charge is 0.345 e. The Morgan fingerprint density at radius 2 is 1.69 bits per heavy atom. The van der Waals surface area contributed by atoms with E-state index in [1.54, 1.807) is 0 Å². The van der Waals surface area contributed by atoms with Crippen LogP contribution < -0.4 is 5.32 Å². The zero-order valence-electron chi connectivity index (χ0n) is 20.2. The molecule has 0 spiro atoms. The third kappa shape index (κ3) is 4.08. The van der Waals surface area contributed by atoms with Crippen LogP contribution in [-0.2, 0) is 19.4 Å². The van der Waals surface area contributed by atoms with Crippen LogP contribution >= 0.6 is 28.1 Å². The highest BCUT2D eigenvalue weighted by molar-refractivity contribution is 9.10. The van der Waals surface area contributed by atoms with Crippen LogP contribution in [0.3, 0.4) is 0 Å². The van der Waals surface area contributed by atoms with Gasteiger partial charge in [0.25, 0.3) is 0 Å². The molecule has 0 saturated heterocycles. The number of thiocarbonyl (C=S) groups is 1. The summed E-state index contributed by atoms with van der Waals surface area (Å²) in [6, 6.07) is 27.5. The molecule has 6 heteroatoms. The van der Waals surface area contributed by atoms with Crippen molar-refractivity contribution in [3.05, 3.63) is 100 Å². The van der Waals surface area contributed by atoms with Gasteiger partial charge in [-0.2, -0.15) is 0 Å². The number of anilines is 1. The summed E-state index contributed by atoms with van der Waals surface area (Å²) in [5.74, 6) is 0.993. The third-order valence-corrected chi connectivity index (χ3v) is 7.81. The predicted molar refractivity (Wildman–Crippen MR) is 156 cm³/mol. The summed E-state index contributed by atoms with van der Waals surface area (Å²) in [5, 5.41) is 8.71. The van der Waals surface area contributed by atoms with Gasteiger partial charge in [-0.1, -0.05) is 89.7 Å². The first-order chi connectivity index (χ1) is 17.6. The van der Waals surface area contributed by atoms with Gasteiger partial charge in [-0.3, -0.25) is 0 Å². The van der Waals surface area contributed by atoms with Crippen LogP contribution in [0.15, 0.2) is 83.3 Å². The second-order valence-corrected chi connectivity index (χ2v) is 10.6. The molecule has 5 aromatic rings. The molecule has 0 fully saturated rings. The minimum Gasteiger partial charge on any atom is -0.345 e. The van der Waals surface area contributed by atoms with Crippen molar-refractivity contribution >= 4 is 44.5 Å². The molecular weight excluding hydrogens is 528 g/mol. The lowest BCUT2D eigenvalue weighted by molar-refractivity contribution is 0.645. The summed E-state index contributed by atoms with van der Waals surface area (Å²) in [5.41, 5.74) is 9.20. The van der Waals surface area contributed by atoms with Gasteiger partial charge < -0.3 is 9.88 Å². The number of hydrogen-bond donors (Lipinski definition) is 1. The maximum Gasteiger partial charge on any atom is 0.162 e. The highest BCUT2D eigenvalue weighted by atomic mass is 79.9. The van der Waals surface area contributed by atoms with Crippen molar-refractivity contribution in [3.63, 3.8) is 0 Å². The zero-order valence-corrected chi connectivity index (χ0v) is 22.6. The Bertz CT molecular complexity index is 1550. The van der Waals surface area contributed by atoms with Crippen LogP contribution in [0.4, 0.5) is 5.69 Å². The van der Waals surface area contributed by atoms with Gasteiger partial charge in [0.15, 0.2) is 5.82 Å². The van der Waals surface area contributed by atoms with Crippen molar-refractivity contribution in [2.45, 2.75) is 39.2 Å². The Kier molecular flexibility index (Phi) is 6.23. The van der Waals surface area contributed by atoms with E-state index < -0.39 is 0 Å². The second kappa shape index (κ2) is 9.68. The number of aryl methyl sites for hydroxylation is 3. The molecule has 1 N–H and O–H groups in total. The van der Waals surface area contributed by atoms with Gasteiger partial charge in [-0.25, -0.2) is 4.52 Å². The molecule has 3 aromatic carbocycles. The molecule has 0 aliphatic carbocycles. The number of aromatic nitrogens is 3. The molecule has 3 heterocycles. The fourth-order valence-electron chi connectivity index (χ4n) is 5.19. The van der Waals surface area contributed by atoms with Crippen LogP contribution in [0.25, 0.3) is 28.2 Å². The second-order valence-electron chi connectivity index (χ2n) is 9.25. The topological polar surface area (TPSA) is 34.3 Å². The van der Waals surface area contributed by atoms with Gasteiger partial charge in [0.2, 0.25) is 0 Å². The number of nitrogens with zero attached hydrogens (tertiary/aromatic N) is 3. The number of hydrogen-bond acceptors (Lipinski definition) is 2. The van der Waals surface area contributed by atoms with Gasteiger partial charge in [0, 0.05) is 33.4 Å². The molecule has 0 saturated carbocycles. The Morgan fingerprint density at radius 1 is 0.944 bits per heavy atom. The van der Waals surface area contributed by atoms with Gasteiger partial charge in [0.1, 0.15) is 16.3 Å². The summed E-state index contributed by atoms with van der Waals surface area (Å²) in [4.78, 5) is 0.684. The highest BCUT2D eigenvalue weighted by Crippen LogP contribution is 2.39. The lowest BCUT2D eigenvalue weighted by Gasteiger charge is -2.12. The molecule has 2 aromatic heterocycles. The first kappa shape index (κ1) is 23.2. The van der Waals surface area contributed by atoms with Crippen molar-refractivity contribution < 1.29 is 0 Å². The van der Waals surface area contributed by atoms with Crippen LogP contribution in [0.5, 0.6) is 0 Å². The smallest absolute Gasteiger partial charge is 0.162 e. The summed E-state index contributed by atoms with van der Waals surface area (Å²) in [7, 11) is 0. The Morgan fingerprint density at radius 3 is 2.42 bits per heavy atom. The number of nitrogens with one attached hydrogen (secondary N) is 1. The molecule has 36 heavy (non-hydrogen) atoms. The molecule has 180 valence electrons. The van der Waals surface area contributed by atoms with E-state index in [0.717, 1.165) is 70.7 Å². The molecule has 0 radical (unpaired) electrons. The van der Waals surface area contributed by atoms with Gasteiger partial charge in [-0.15, -0.1) is 5.10 Å². The fraction of sp³-hybridized carbons (Fsp3) is 0.200. The molecule has 1 aliphatic rings. The summed E-state index contributed by atoms with van der Waals surface area (Å²) in [6.07, 6.45) is 4.28. The number of benzene rings is 3. The van der Waals surface area contributed by atoms with E-state index in [1.165, 1.54) is 16.7 Å². The average molecular weight is 556 g/mol. The third-order valence-electron chi connectivity index (χ3n) is 6.99. The van der Waals surface area contributed by atoms with Gasteiger partial charge >= 0.3 is 0 Å². The molecule has 1 aliphatic heterocycles. The lowest BCUT2D eigenvalue weighted by atomic mass is 9.98. The monoisotopic (exact) mass is 554 g/mol. The van der Waals surface area contributed by atoms with Crippen LogP contribution in [-0.4, -0.2) is 19.2 Å². The minimum atomic E-state index is 0.684.